The van der Waals surface area contributed by atoms with E-state index in [0.29, 0.717) is 12.5 Å². The Hall–Kier alpha value is -2.29. The molecule has 2 aromatic rings. The van der Waals surface area contributed by atoms with Crippen molar-refractivity contribution in [1.82, 2.24) is 0 Å². The van der Waals surface area contributed by atoms with E-state index in [4.69, 9.17) is 9.84 Å². The molecule has 2 rings (SSSR count). The van der Waals surface area contributed by atoms with Crippen LogP contribution in [0.3, 0.4) is 0 Å². The van der Waals surface area contributed by atoms with Gasteiger partial charge in [0.05, 0.1) is 5.56 Å². The second-order valence-corrected chi connectivity index (χ2v) is 5.46. The van der Waals surface area contributed by atoms with Crippen molar-refractivity contribution in [3.63, 3.8) is 0 Å². The van der Waals surface area contributed by atoms with E-state index in [9.17, 15) is 4.79 Å². The van der Waals surface area contributed by atoms with E-state index in [0.717, 1.165) is 11.3 Å². The summed E-state index contributed by atoms with van der Waals surface area (Å²) in [5.74, 6) is 0.421. The number of ether oxygens (including phenoxy) is 1. The molecule has 0 fully saturated rings. The van der Waals surface area contributed by atoms with Crippen LogP contribution in [-0.4, -0.2) is 11.1 Å². The summed E-state index contributed by atoms with van der Waals surface area (Å²) in [6, 6.07) is 12.9. The predicted octanol–water partition coefficient (Wildman–Crippen LogP) is 4.40. The first-order chi connectivity index (χ1) is 9.97. The molecule has 21 heavy (non-hydrogen) atoms. The van der Waals surface area contributed by atoms with E-state index in [2.05, 4.69) is 26.8 Å². The fraction of sp³-hybridized carbons (Fsp3) is 0.278. The molecule has 0 bridgehead atoms. The van der Waals surface area contributed by atoms with Gasteiger partial charge in [-0.15, -0.1) is 0 Å². The highest BCUT2D eigenvalue weighted by atomic mass is 16.5. The van der Waals surface area contributed by atoms with Crippen molar-refractivity contribution >= 4 is 5.97 Å². The fourth-order valence-electron chi connectivity index (χ4n) is 2.30. The average Bonchev–Trinajstić information content (AvgIpc) is 2.45. The quantitative estimate of drug-likeness (QED) is 0.885. The van der Waals surface area contributed by atoms with E-state index < -0.39 is 5.97 Å². The van der Waals surface area contributed by atoms with Crippen molar-refractivity contribution in [2.75, 3.05) is 0 Å². The Morgan fingerprint density at radius 2 is 1.81 bits per heavy atom. The summed E-state index contributed by atoms with van der Waals surface area (Å²) in [6.07, 6.45) is 0. The molecule has 2 aromatic carbocycles. The van der Waals surface area contributed by atoms with Crippen molar-refractivity contribution < 1.29 is 14.6 Å². The molecule has 0 aliphatic carbocycles. The van der Waals surface area contributed by atoms with Gasteiger partial charge in [0.25, 0.3) is 0 Å². The number of rotatable bonds is 5. The lowest BCUT2D eigenvalue weighted by Gasteiger charge is -2.12. The first-order valence-electron chi connectivity index (χ1n) is 7.03. The van der Waals surface area contributed by atoms with E-state index in [-0.39, 0.29) is 5.56 Å². The zero-order chi connectivity index (χ0) is 15.4. The van der Waals surface area contributed by atoms with Crippen LogP contribution in [0.1, 0.15) is 46.8 Å². The van der Waals surface area contributed by atoms with Gasteiger partial charge in [-0.3, -0.25) is 0 Å². The molecule has 3 nitrogen and oxygen atoms in total. The molecule has 0 saturated carbocycles. The second kappa shape index (κ2) is 6.44. The van der Waals surface area contributed by atoms with Gasteiger partial charge in [-0.25, -0.2) is 4.79 Å². The maximum Gasteiger partial charge on any atom is 0.335 e. The number of carbonyl (C=O) groups is 1. The van der Waals surface area contributed by atoms with Crippen LogP contribution in [0.4, 0.5) is 0 Å². The first-order valence-corrected chi connectivity index (χ1v) is 7.03. The number of aryl methyl sites for hydroxylation is 1. The molecule has 0 saturated heterocycles. The van der Waals surface area contributed by atoms with Crippen molar-refractivity contribution in [3.05, 3.63) is 64.7 Å². The van der Waals surface area contributed by atoms with E-state index >= 15 is 0 Å². The molecule has 0 radical (unpaired) electrons. The highest BCUT2D eigenvalue weighted by Crippen LogP contribution is 2.24. The molecular weight excluding hydrogens is 264 g/mol. The van der Waals surface area contributed by atoms with Gasteiger partial charge in [0.15, 0.2) is 0 Å². The molecule has 0 aromatic heterocycles. The molecular formula is C18H20O3. The summed E-state index contributed by atoms with van der Waals surface area (Å²) in [5.41, 5.74) is 3.79. The average molecular weight is 284 g/mol. The molecule has 0 atom stereocenters. The SMILES string of the molecule is Cc1cc(OCc2ccc(C(=O)O)cc2)ccc1C(C)C. The molecule has 1 N–H and O–H groups in total. The summed E-state index contributed by atoms with van der Waals surface area (Å²) >= 11 is 0. The Kier molecular flexibility index (Phi) is 4.63. The minimum absolute atomic E-state index is 0.288. The van der Waals surface area contributed by atoms with Crippen molar-refractivity contribution in [3.8, 4) is 5.75 Å². The molecule has 0 heterocycles. The van der Waals surface area contributed by atoms with E-state index in [1.807, 2.05) is 12.1 Å². The third-order valence-corrected chi connectivity index (χ3v) is 3.47. The number of aromatic carboxylic acids is 1. The summed E-state index contributed by atoms with van der Waals surface area (Å²) in [5, 5.41) is 8.85. The fourth-order valence-corrected chi connectivity index (χ4v) is 2.30. The standard InChI is InChI=1S/C18H20O3/c1-12(2)17-9-8-16(10-13(17)3)21-11-14-4-6-15(7-5-14)18(19)20/h4-10,12H,11H2,1-3H3,(H,19,20). The maximum atomic E-state index is 10.8. The third kappa shape index (κ3) is 3.85. The van der Waals surface area contributed by atoms with E-state index in [1.165, 1.54) is 11.1 Å². The Morgan fingerprint density at radius 3 is 2.33 bits per heavy atom. The van der Waals surface area contributed by atoms with Gasteiger partial charge in [-0.2, -0.15) is 0 Å². The molecule has 0 amide bonds. The molecule has 0 aliphatic rings. The normalized spacial score (nSPS) is 10.7. The Morgan fingerprint density at radius 1 is 1.14 bits per heavy atom. The minimum atomic E-state index is -0.914. The van der Waals surface area contributed by atoms with Crippen LogP contribution >= 0.6 is 0 Å². The van der Waals surface area contributed by atoms with Crippen LogP contribution in [0, 0.1) is 6.92 Å². The Balaban J connectivity index is 2.02. The van der Waals surface area contributed by atoms with Crippen LogP contribution in [0.25, 0.3) is 0 Å². The molecule has 0 aliphatic heterocycles. The first kappa shape index (κ1) is 15.1. The van der Waals surface area contributed by atoms with Gasteiger partial charge in [-0.1, -0.05) is 32.0 Å². The summed E-state index contributed by atoms with van der Waals surface area (Å²) in [4.78, 5) is 10.8. The van der Waals surface area contributed by atoms with Gasteiger partial charge >= 0.3 is 5.97 Å². The van der Waals surface area contributed by atoms with Gasteiger partial charge in [0.2, 0.25) is 0 Å². The lowest BCUT2D eigenvalue weighted by molar-refractivity contribution is 0.0697. The number of hydrogen-bond acceptors (Lipinski definition) is 2. The predicted molar refractivity (Wildman–Crippen MR) is 83.0 cm³/mol. The number of hydrogen-bond donors (Lipinski definition) is 1. The van der Waals surface area contributed by atoms with Crippen LogP contribution in [-0.2, 0) is 6.61 Å². The topological polar surface area (TPSA) is 46.5 Å². The van der Waals surface area contributed by atoms with Gasteiger partial charge in [0.1, 0.15) is 12.4 Å². The molecule has 0 unspecified atom stereocenters. The Labute approximate surface area is 125 Å². The van der Waals surface area contributed by atoms with Crippen molar-refractivity contribution in [2.24, 2.45) is 0 Å². The minimum Gasteiger partial charge on any atom is -0.489 e. The summed E-state index contributed by atoms with van der Waals surface area (Å²) in [7, 11) is 0. The van der Waals surface area contributed by atoms with Gasteiger partial charge in [0, 0.05) is 0 Å². The molecule has 110 valence electrons. The lowest BCUT2D eigenvalue weighted by atomic mass is 9.98. The smallest absolute Gasteiger partial charge is 0.335 e. The van der Waals surface area contributed by atoms with Gasteiger partial charge in [-0.05, 0) is 53.8 Å². The number of benzene rings is 2. The molecule has 0 spiro atoms. The van der Waals surface area contributed by atoms with E-state index in [1.54, 1.807) is 24.3 Å². The van der Waals surface area contributed by atoms with Crippen LogP contribution in [0.2, 0.25) is 0 Å². The second-order valence-electron chi connectivity index (χ2n) is 5.46. The zero-order valence-corrected chi connectivity index (χ0v) is 12.6. The monoisotopic (exact) mass is 284 g/mol. The summed E-state index contributed by atoms with van der Waals surface area (Å²) < 4.78 is 5.76. The highest BCUT2D eigenvalue weighted by molar-refractivity contribution is 5.87. The Bertz CT molecular complexity index is 627. The van der Waals surface area contributed by atoms with Crippen molar-refractivity contribution in [2.45, 2.75) is 33.3 Å². The summed E-state index contributed by atoms with van der Waals surface area (Å²) in [6.45, 7) is 6.87. The largest absolute Gasteiger partial charge is 0.489 e. The lowest BCUT2D eigenvalue weighted by Crippen LogP contribution is -1.99. The third-order valence-electron chi connectivity index (χ3n) is 3.47. The zero-order valence-electron chi connectivity index (χ0n) is 12.6. The van der Waals surface area contributed by atoms with Crippen molar-refractivity contribution in [1.29, 1.82) is 0 Å². The number of carboxylic acid groups (broad SMARTS) is 1. The highest BCUT2D eigenvalue weighted by Gasteiger charge is 2.05. The van der Waals surface area contributed by atoms with Crippen LogP contribution in [0.15, 0.2) is 42.5 Å². The number of carboxylic acids is 1. The van der Waals surface area contributed by atoms with Gasteiger partial charge < -0.3 is 9.84 Å². The van der Waals surface area contributed by atoms with Crippen LogP contribution < -0.4 is 4.74 Å². The van der Waals surface area contributed by atoms with Crippen LogP contribution in [0.5, 0.6) is 5.75 Å². The maximum absolute atomic E-state index is 10.8. The molecule has 3 heteroatoms.